The maximum atomic E-state index is 14.5. The fourth-order valence-corrected chi connectivity index (χ4v) is 14.5. The highest BCUT2D eigenvalue weighted by atomic mass is 32.2. The molecular weight excluding hydrogens is 1070 g/mol. The highest BCUT2D eigenvalue weighted by molar-refractivity contribution is 7.99. The Labute approximate surface area is 468 Å². The highest BCUT2D eigenvalue weighted by Gasteiger charge is 2.54. The van der Waals surface area contributed by atoms with E-state index < -0.39 is 135 Å². The number of thioether (sulfide) groups is 1. The second-order valence-electron chi connectivity index (χ2n) is 23.5. The van der Waals surface area contributed by atoms with E-state index in [9.17, 15) is 53.5 Å². The standard InChI is InChI=1S/C55H88N4O18S2/c1-15-40-55(11,67)47(62)31(5)42(57-68)28(2)25-53(9,66)48(76-52-45(61)39(58(12)13)22-30(4)72-52)32(6)46(33(7)51(65)74-40)75-41-26-54(10,71-14)49(34(8)73-41)77-79(69,70)21-19-56-18-20-78-36-23-35-17-16-29(3)59-27-38(50(63)64)44(60)37(24-36)43(35)59/h23-24,27-34,39-41,45-49,52,56,61-62,66-68H,15-22,25-26H2,1-14H3,(H,63,64)/b57-42+/t28-,29?,30-,31-,32+,33-,34+,39+,40-,41+,45-,46+,47-,48-,49+,52+,53-,54-,55-/m1/s1. The monoisotopic (exact) mass is 1160 g/mol. The van der Waals surface area contributed by atoms with E-state index in [0.717, 1.165) is 28.8 Å². The molecule has 2 aromatic rings. The number of carbonyl (C=O) groups excluding carboxylic acids is 1. The van der Waals surface area contributed by atoms with Gasteiger partial charge < -0.3 is 73.9 Å². The molecule has 19 atom stereocenters. The molecule has 0 aliphatic carbocycles. The third kappa shape index (κ3) is 14.4. The number of ether oxygens (including phenoxy) is 6. The van der Waals surface area contributed by atoms with Gasteiger partial charge in [-0.2, -0.15) is 8.42 Å². The van der Waals surface area contributed by atoms with Crippen molar-refractivity contribution in [2.24, 2.45) is 28.8 Å². The summed E-state index contributed by atoms with van der Waals surface area (Å²) in [4.78, 5) is 42.4. The Balaban J connectivity index is 1.20. The van der Waals surface area contributed by atoms with Crippen LogP contribution in [0.25, 0.3) is 10.9 Å². The third-order valence-electron chi connectivity index (χ3n) is 17.0. The van der Waals surface area contributed by atoms with Crippen molar-refractivity contribution in [3.8, 4) is 0 Å². The summed E-state index contributed by atoms with van der Waals surface area (Å²) >= 11 is 1.46. The van der Waals surface area contributed by atoms with Crippen molar-refractivity contribution >= 4 is 50.4 Å². The third-order valence-corrected chi connectivity index (χ3v) is 19.2. The first-order valence-electron chi connectivity index (χ1n) is 27.6. The molecule has 3 fully saturated rings. The number of likely N-dealkylation sites (N-methyl/N-ethyl adjacent to an activating group) is 1. The van der Waals surface area contributed by atoms with Crippen LogP contribution in [0, 0.1) is 23.7 Å². The van der Waals surface area contributed by atoms with Gasteiger partial charge >= 0.3 is 11.9 Å². The van der Waals surface area contributed by atoms with Crippen molar-refractivity contribution in [2.45, 2.75) is 210 Å². The van der Waals surface area contributed by atoms with E-state index in [4.69, 9.17) is 32.6 Å². The zero-order valence-corrected chi connectivity index (χ0v) is 49.9. The van der Waals surface area contributed by atoms with Crippen LogP contribution in [0.3, 0.4) is 0 Å². The van der Waals surface area contributed by atoms with Crippen LogP contribution in [-0.4, -0.2) is 196 Å². The van der Waals surface area contributed by atoms with Crippen LogP contribution < -0.4 is 10.7 Å². The number of hydrogen-bond donors (Lipinski definition) is 7. The van der Waals surface area contributed by atoms with Crippen molar-refractivity contribution in [2.75, 3.05) is 45.8 Å². The lowest BCUT2D eigenvalue weighted by Crippen LogP contribution is -2.61. The van der Waals surface area contributed by atoms with Gasteiger partial charge in [-0.15, -0.1) is 11.8 Å². The molecule has 7 N–H and O–H groups in total. The van der Waals surface area contributed by atoms with E-state index in [1.807, 2.05) is 43.5 Å². The predicted octanol–water partition coefficient (Wildman–Crippen LogP) is 4.30. The van der Waals surface area contributed by atoms with Crippen LogP contribution in [0.1, 0.15) is 130 Å². The number of aromatic carboxylic acids is 1. The molecule has 0 bridgehead atoms. The molecular formula is C55H88N4O18S2. The Bertz CT molecular complexity index is 2650. The number of aromatic nitrogens is 1. The molecule has 22 nitrogen and oxygen atoms in total. The summed E-state index contributed by atoms with van der Waals surface area (Å²) in [5.74, 6) is -5.92. The van der Waals surface area contributed by atoms with Gasteiger partial charge in [0, 0.05) is 78.7 Å². The Morgan fingerprint density at radius 3 is 2.28 bits per heavy atom. The number of benzene rings is 1. The number of aliphatic hydroxyl groups is 4. The minimum Gasteiger partial charge on any atom is -0.477 e. The number of oxime groups is 1. The number of hydrogen-bond acceptors (Lipinski definition) is 21. The van der Waals surface area contributed by atoms with E-state index in [2.05, 4.69) is 10.5 Å². The normalized spacial score (nSPS) is 38.7. The van der Waals surface area contributed by atoms with Gasteiger partial charge in [-0.05, 0) is 112 Å². The molecule has 1 aromatic heterocycles. The summed E-state index contributed by atoms with van der Waals surface area (Å²) < 4.78 is 73.5. The summed E-state index contributed by atoms with van der Waals surface area (Å²) in [6, 6.07) is 3.38. The lowest BCUT2D eigenvalue weighted by Gasteiger charge is -2.49. The molecule has 4 aliphatic heterocycles. The molecule has 4 aliphatic rings. The number of nitrogens with zero attached hydrogens (tertiary/aromatic N) is 3. The number of carboxylic acids is 1. The van der Waals surface area contributed by atoms with Gasteiger partial charge in [-0.3, -0.25) is 13.8 Å². The first kappa shape index (κ1) is 64.8. The number of rotatable bonds is 17. The second-order valence-corrected chi connectivity index (χ2v) is 26.4. The summed E-state index contributed by atoms with van der Waals surface area (Å²) in [7, 11) is 0.826. The van der Waals surface area contributed by atoms with E-state index in [1.165, 1.54) is 38.9 Å². The fraction of sp³-hybridized carbons (Fsp3) is 0.782. The first-order valence-corrected chi connectivity index (χ1v) is 30.1. The van der Waals surface area contributed by atoms with Crippen LogP contribution in [0.15, 0.2) is 33.2 Å². The van der Waals surface area contributed by atoms with Gasteiger partial charge in [0.15, 0.2) is 12.6 Å². The zero-order chi connectivity index (χ0) is 58.9. The number of cyclic esters (lactones) is 1. The zero-order valence-electron chi connectivity index (χ0n) is 48.3. The van der Waals surface area contributed by atoms with Crippen molar-refractivity contribution < 1.29 is 81.4 Å². The molecule has 1 aromatic carbocycles. The van der Waals surface area contributed by atoms with Crippen LogP contribution >= 0.6 is 11.8 Å². The molecule has 5 heterocycles. The van der Waals surface area contributed by atoms with Crippen molar-refractivity contribution in [3.05, 3.63) is 39.7 Å². The summed E-state index contributed by atoms with van der Waals surface area (Å²) in [6.45, 7) is 18.6. The molecule has 448 valence electrons. The minimum absolute atomic E-state index is 0.0330. The highest BCUT2D eigenvalue weighted by Crippen LogP contribution is 2.42. The smallest absolute Gasteiger partial charge is 0.341 e. The number of nitrogens with one attached hydrogen (secondary N) is 1. The molecule has 1 unspecified atom stereocenters. The fourth-order valence-electron chi connectivity index (χ4n) is 12.4. The van der Waals surface area contributed by atoms with Gasteiger partial charge in [0.2, 0.25) is 5.43 Å². The predicted molar refractivity (Wildman–Crippen MR) is 295 cm³/mol. The van der Waals surface area contributed by atoms with Crippen LogP contribution in [0.5, 0.6) is 0 Å². The first-order chi connectivity index (χ1) is 36.8. The molecule has 0 amide bonds. The van der Waals surface area contributed by atoms with Gasteiger partial charge in [0.05, 0.1) is 64.6 Å². The van der Waals surface area contributed by atoms with Gasteiger partial charge in [-0.25, -0.2) is 4.79 Å². The van der Waals surface area contributed by atoms with E-state index >= 15 is 0 Å². The number of methoxy groups -OCH3 is 1. The largest absolute Gasteiger partial charge is 0.477 e. The number of aryl methyl sites for hydroxylation is 1. The Morgan fingerprint density at radius 1 is 0.975 bits per heavy atom. The maximum Gasteiger partial charge on any atom is 0.341 e. The number of carboxylic acid groups (broad SMARTS) is 1. The molecule has 6 rings (SSSR count). The number of carbonyl (C=O) groups is 2. The van der Waals surface area contributed by atoms with E-state index in [1.54, 1.807) is 54.5 Å². The van der Waals surface area contributed by atoms with Crippen molar-refractivity contribution in [1.29, 1.82) is 0 Å². The summed E-state index contributed by atoms with van der Waals surface area (Å²) in [5.41, 5.74) is -4.34. The number of aliphatic hydroxyl groups excluding tert-OH is 2. The topological polar surface area (TPSA) is 304 Å². The summed E-state index contributed by atoms with van der Waals surface area (Å²) in [5, 5.41) is 75.3. The van der Waals surface area contributed by atoms with Crippen LogP contribution in [0.4, 0.5) is 0 Å². The van der Waals surface area contributed by atoms with Crippen molar-refractivity contribution in [3.63, 3.8) is 0 Å². The van der Waals surface area contributed by atoms with Gasteiger partial charge in [-0.1, -0.05) is 32.9 Å². The average Bonchev–Trinajstić information content (AvgIpc) is 3.46. The molecule has 24 heteroatoms. The van der Waals surface area contributed by atoms with Gasteiger partial charge in [0.25, 0.3) is 10.1 Å². The van der Waals surface area contributed by atoms with Gasteiger partial charge in [0.1, 0.15) is 29.5 Å². The number of esters is 1. The molecule has 3 saturated heterocycles. The van der Waals surface area contributed by atoms with Crippen LogP contribution in [-0.2, 0) is 53.9 Å². The quantitative estimate of drug-likeness (QED) is 0.0290. The lowest BCUT2D eigenvalue weighted by atomic mass is 9.73. The molecule has 0 saturated carbocycles. The maximum absolute atomic E-state index is 14.5. The Morgan fingerprint density at radius 2 is 1.66 bits per heavy atom. The van der Waals surface area contributed by atoms with Crippen molar-refractivity contribution in [1.82, 2.24) is 14.8 Å². The van der Waals surface area contributed by atoms with E-state index in [0.29, 0.717) is 24.1 Å². The second kappa shape index (κ2) is 26.1. The minimum atomic E-state index is -4.23. The molecule has 0 spiro atoms. The van der Waals surface area contributed by atoms with Crippen LogP contribution in [0.2, 0.25) is 0 Å². The average molecular weight is 1160 g/mol. The summed E-state index contributed by atoms with van der Waals surface area (Å²) in [6.07, 6.45) is -8.37. The Hall–Kier alpha value is -3.34. The Kier molecular flexibility index (Phi) is 21.4. The SMILES string of the molecule is CC[C@H]1OC(=O)[C@H](C)[C@@H](O[C@H]2C[C@@](C)(OC)[C@@H](OS(=O)(=O)CCNCCSc3cc4c5c(c3)c(=O)c(C(=O)O)cn5C(C)CC4)[C@H](C)O2)[C@H](C)[C@@H](O[C@@H]2O[C@H](C)C[C@H](N(C)C)[C@H]2O)[C@](C)(O)C[C@@H](C)/C(=N\O)[C@@H](C)[C@@H](O)[C@]1(C)O. The molecule has 79 heavy (non-hydrogen) atoms. The van der Waals surface area contributed by atoms with E-state index in [-0.39, 0.29) is 49.2 Å². The lowest BCUT2D eigenvalue weighted by molar-refractivity contribution is -0.316. The molecule has 0 radical (unpaired) electrons. The number of pyridine rings is 1.